The van der Waals surface area contributed by atoms with Crippen LogP contribution in [0.5, 0.6) is 0 Å². The molecule has 1 fully saturated rings. The molecule has 0 bridgehead atoms. The SMILES string of the molecule is Cc1cc(Cl)ccc1S(=O)(=O)NCC(=O)N1CCN(c2ccccc2)CC1. The number of amides is 1. The first-order valence-corrected chi connectivity index (χ1v) is 10.6. The van der Waals surface area contributed by atoms with Gasteiger partial charge >= 0.3 is 0 Å². The minimum absolute atomic E-state index is 0.133. The van der Waals surface area contributed by atoms with Crippen LogP contribution in [0.4, 0.5) is 5.69 Å². The summed E-state index contributed by atoms with van der Waals surface area (Å²) in [6, 6.07) is 14.6. The first-order valence-electron chi connectivity index (χ1n) is 8.70. The van der Waals surface area contributed by atoms with E-state index in [1.54, 1.807) is 17.9 Å². The fourth-order valence-corrected chi connectivity index (χ4v) is 4.54. The maximum Gasteiger partial charge on any atom is 0.241 e. The number of nitrogens with one attached hydrogen (secondary N) is 1. The van der Waals surface area contributed by atoms with Crippen molar-refractivity contribution in [2.24, 2.45) is 0 Å². The molecule has 1 aliphatic rings. The van der Waals surface area contributed by atoms with Gasteiger partial charge in [-0.3, -0.25) is 4.79 Å². The smallest absolute Gasteiger partial charge is 0.241 e. The lowest BCUT2D eigenvalue weighted by molar-refractivity contribution is -0.130. The second-order valence-electron chi connectivity index (χ2n) is 6.44. The summed E-state index contributed by atoms with van der Waals surface area (Å²) in [6.45, 7) is 3.99. The van der Waals surface area contributed by atoms with Crippen LogP contribution in [0.25, 0.3) is 0 Å². The van der Waals surface area contributed by atoms with Gasteiger partial charge in [0.05, 0.1) is 11.4 Å². The summed E-state index contributed by atoms with van der Waals surface area (Å²) in [5, 5.41) is 0.471. The third kappa shape index (κ3) is 4.80. The zero-order chi connectivity index (χ0) is 19.4. The van der Waals surface area contributed by atoms with Gasteiger partial charge in [0.2, 0.25) is 15.9 Å². The van der Waals surface area contributed by atoms with Gasteiger partial charge in [0.25, 0.3) is 0 Å². The van der Waals surface area contributed by atoms with E-state index in [9.17, 15) is 13.2 Å². The molecule has 3 rings (SSSR count). The Kier molecular flexibility index (Phi) is 6.04. The Hall–Kier alpha value is -2.09. The van der Waals surface area contributed by atoms with Crippen molar-refractivity contribution in [2.45, 2.75) is 11.8 Å². The average molecular weight is 408 g/mol. The van der Waals surface area contributed by atoms with Crippen LogP contribution in [0.15, 0.2) is 53.4 Å². The number of aryl methyl sites for hydroxylation is 1. The molecule has 1 saturated heterocycles. The molecule has 1 N–H and O–H groups in total. The maximum absolute atomic E-state index is 12.5. The van der Waals surface area contributed by atoms with E-state index in [1.807, 2.05) is 30.3 Å². The number of carbonyl (C=O) groups is 1. The summed E-state index contributed by atoms with van der Waals surface area (Å²) in [7, 11) is -3.76. The Balaban J connectivity index is 1.55. The van der Waals surface area contributed by atoms with E-state index in [1.165, 1.54) is 12.1 Å². The third-order valence-corrected chi connectivity index (χ3v) is 6.39. The zero-order valence-electron chi connectivity index (χ0n) is 15.1. The number of sulfonamides is 1. The molecule has 2 aromatic carbocycles. The molecule has 0 spiro atoms. The predicted octanol–water partition coefficient (Wildman–Crippen LogP) is 2.28. The van der Waals surface area contributed by atoms with Gasteiger partial charge < -0.3 is 9.80 Å². The molecule has 1 heterocycles. The van der Waals surface area contributed by atoms with Crippen molar-refractivity contribution in [1.82, 2.24) is 9.62 Å². The second-order valence-corrected chi connectivity index (χ2v) is 8.61. The van der Waals surface area contributed by atoms with Gasteiger partial charge in [-0.25, -0.2) is 13.1 Å². The van der Waals surface area contributed by atoms with E-state index >= 15 is 0 Å². The molecule has 0 saturated carbocycles. The number of carbonyl (C=O) groups excluding carboxylic acids is 1. The number of hydrogen-bond acceptors (Lipinski definition) is 4. The van der Waals surface area contributed by atoms with Crippen molar-refractivity contribution in [2.75, 3.05) is 37.6 Å². The number of piperazine rings is 1. The molecule has 0 aromatic heterocycles. The van der Waals surface area contributed by atoms with E-state index in [0.29, 0.717) is 23.7 Å². The van der Waals surface area contributed by atoms with E-state index in [2.05, 4.69) is 9.62 Å². The highest BCUT2D eigenvalue weighted by molar-refractivity contribution is 7.89. The summed E-state index contributed by atoms with van der Waals surface area (Å²) in [5.74, 6) is -0.224. The quantitative estimate of drug-likeness (QED) is 0.825. The lowest BCUT2D eigenvalue weighted by Gasteiger charge is -2.36. The highest BCUT2D eigenvalue weighted by Gasteiger charge is 2.23. The molecule has 0 radical (unpaired) electrons. The number of nitrogens with zero attached hydrogens (tertiary/aromatic N) is 2. The van der Waals surface area contributed by atoms with Crippen molar-refractivity contribution in [3.63, 3.8) is 0 Å². The van der Waals surface area contributed by atoms with Crippen molar-refractivity contribution in [3.8, 4) is 0 Å². The number of halogens is 1. The van der Waals surface area contributed by atoms with Crippen LogP contribution < -0.4 is 9.62 Å². The standard InChI is InChI=1S/C19H22ClN3O3S/c1-15-13-16(20)7-8-18(15)27(25,26)21-14-19(24)23-11-9-22(10-12-23)17-5-3-2-4-6-17/h2-8,13,21H,9-12,14H2,1H3. The molecule has 144 valence electrons. The number of anilines is 1. The van der Waals surface area contributed by atoms with Crippen molar-refractivity contribution < 1.29 is 13.2 Å². The number of rotatable bonds is 5. The van der Waals surface area contributed by atoms with Gasteiger partial charge in [-0.1, -0.05) is 29.8 Å². The van der Waals surface area contributed by atoms with E-state index < -0.39 is 10.0 Å². The van der Waals surface area contributed by atoms with Crippen LogP contribution in [0.2, 0.25) is 5.02 Å². The van der Waals surface area contributed by atoms with Crippen molar-refractivity contribution in [3.05, 3.63) is 59.1 Å². The van der Waals surface area contributed by atoms with E-state index in [-0.39, 0.29) is 17.3 Å². The topological polar surface area (TPSA) is 69.7 Å². The fraction of sp³-hybridized carbons (Fsp3) is 0.316. The normalized spacial score (nSPS) is 15.0. The summed E-state index contributed by atoms with van der Waals surface area (Å²) in [4.78, 5) is 16.5. The Morgan fingerprint density at radius 3 is 2.37 bits per heavy atom. The van der Waals surface area contributed by atoms with Gasteiger partial charge in [0.1, 0.15) is 0 Å². The average Bonchev–Trinajstić information content (AvgIpc) is 2.67. The van der Waals surface area contributed by atoms with Crippen LogP contribution in [-0.4, -0.2) is 51.9 Å². The summed E-state index contributed by atoms with van der Waals surface area (Å²) in [6.07, 6.45) is 0. The highest BCUT2D eigenvalue weighted by atomic mass is 35.5. The van der Waals surface area contributed by atoms with Crippen LogP contribution in [0, 0.1) is 6.92 Å². The zero-order valence-corrected chi connectivity index (χ0v) is 16.6. The largest absolute Gasteiger partial charge is 0.368 e. The molecule has 27 heavy (non-hydrogen) atoms. The Morgan fingerprint density at radius 2 is 1.74 bits per heavy atom. The number of benzene rings is 2. The van der Waals surface area contributed by atoms with E-state index in [0.717, 1.165) is 18.8 Å². The third-order valence-electron chi connectivity index (χ3n) is 4.59. The molecule has 2 aromatic rings. The minimum Gasteiger partial charge on any atom is -0.368 e. The van der Waals surface area contributed by atoms with Crippen LogP contribution in [0.1, 0.15) is 5.56 Å². The first-order chi connectivity index (χ1) is 12.9. The van der Waals surface area contributed by atoms with Crippen molar-refractivity contribution in [1.29, 1.82) is 0 Å². The summed E-state index contributed by atoms with van der Waals surface area (Å²) >= 11 is 5.87. The van der Waals surface area contributed by atoms with Gasteiger partial charge in [-0.2, -0.15) is 0 Å². The molecule has 0 unspecified atom stereocenters. The van der Waals surface area contributed by atoms with Gasteiger partial charge in [-0.05, 0) is 42.8 Å². The predicted molar refractivity (Wildman–Crippen MR) is 107 cm³/mol. The van der Waals surface area contributed by atoms with Crippen LogP contribution >= 0.6 is 11.6 Å². The van der Waals surface area contributed by atoms with Gasteiger partial charge in [0, 0.05) is 36.9 Å². The lowest BCUT2D eigenvalue weighted by atomic mass is 10.2. The molecular weight excluding hydrogens is 386 g/mol. The molecule has 1 aliphatic heterocycles. The Morgan fingerprint density at radius 1 is 1.07 bits per heavy atom. The van der Waals surface area contributed by atoms with Crippen LogP contribution in [0.3, 0.4) is 0 Å². The minimum atomic E-state index is -3.76. The number of para-hydroxylation sites is 1. The fourth-order valence-electron chi connectivity index (χ4n) is 3.11. The first kappa shape index (κ1) is 19.7. The van der Waals surface area contributed by atoms with E-state index in [4.69, 9.17) is 11.6 Å². The number of hydrogen-bond donors (Lipinski definition) is 1. The second kappa shape index (κ2) is 8.29. The van der Waals surface area contributed by atoms with Crippen LogP contribution in [-0.2, 0) is 14.8 Å². The van der Waals surface area contributed by atoms with Crippen molar-refractivity contribution >= 4 is 33.2 Å². The molecule has 0 atom stereocenters. The Bertz CT molecular complexity index is 911. The molecular formula is C19H22ClN3O3S. The molecule has 6 nitrogen and oxygen atoms in total. The Labute approximate surface area is 164 Å². The summed E-state index contributed by atoms with van der Waals surface area (Å²) < 4.78 is 27.3. The molecule has 0 aliphatic carbocycles. The van der Waals surface area contributed by atoms with Gasteiger partial charge in [-0.15, -0.1) is 0 Å². The maximum atomic E-state index is 12.5. The monoisotopic (exact) mass is 407 g/mol. The van der Waals surface area contributed by atoms with Gasteiger partial charge in [0.15, 0.2) is 0 Å². The summed E-state index contributed by atoms with van der Waals surface area (Å²) in [5.41, 5.74) is 1.67. The molecule has 1 amide bonds. The highest BCUT2D eigenvalue weighted by Crippen LogP contribution is 2.19. The lowest BCUT2D eigenvalue weighted by Crippen LogP contribution is -2.51. The molecule has 8 heteroatoms.